The lowest BCUT2D eigenvalue weighted by Crippen LogP contribution is -2.07. The summed E-state index contributed by atoms with van der Waals surface area (Å²) in [4.78, 5) is 12.4. The summed E-state index contributed by atoms with van der Waals surface area (Å²) in [5.74, 6) is -1.76. The number of hydrogen-bond acceptors (Lipinski definition) is 2. The lowest BCUT2D eigenvalue weighted by molar-refractivity contribution is 0.103. The van der Waals surface area contributed by atoms with Gasteiger partial charge in [0.25, 0.3) is 0 Å². The van der Waals surface area contributed by atoms with Gasteiger partial charge in [-0.2, -0.15) is 0 Å². The lowest BCUT2D eigenvalue weighted by atomic mass is 10.0. The van der Waals surface area contributed by atoms with Gasteiger partial charge in [0.2, 0.25) is 0 Å². The highest BCUT2D eigenvalue weighted by Crippen LogP contribution is 2.30. The first-order valence-electron chi connectivity index (χ1n) is 5.47. The minimum absolute atomic E-state index is 0.0510. The standard InChI is InChI=1S/C14H8Br2F2O2/c1-20-12-6-11(17)10(16)5-8(12)14(19)7-3-2-4-9(15)13(7)18/h2-6H,1H3. The molecule has 0 aliphatic rings. The maximum Gasteiger partial charge on any atom is 0.199 e. The molecule has 0 spiro atoms. The third kappa shape index (κ3) is 2.76. The second-order valence-corrected chi connectivity index (χ2v) is 5.61. The molecule has 0 atom stereocenters. The maximum absolute atomic E-state index is 14.0. The summed E-state index contributed by atoms with van der Waals surface area (Å²) in [6.45, 7) is 0. The Bertz CT molecular complexity index is 687. The van der Waals surface area contributed by atoms with E-state index < -0.39 is 17.4 Å². The fourth-order valence-electron chi connectivity index (χ4n) is 1.70. The highest BCUT2D eigenvalue weighted by atomic mass is 79.9. The van der Waals surface area contributed by atoms with Gasteiger partial charge in [0, 0.05) is 6.07 Å². The Morgan fingerprint density at radius 3 is 2.45 bits per heavy atom. The third-order valence-electron chi connectivity index (χ3n) is 2.68. The normalized spacial score (nSPS) is 10.4. The van der Waals surface area contributed by atoms with E-state index in [0.29, 0.717) is 0 Å². The molecule has 0 heterocycles. The largest absolute Gasteiger partial charge is 0.496 e. The van der Waals surface area contributed by atoms with Crippen LogP contribution in [0.5, 0.6) is 5.75 Å². The molecule has 6 heteroatoms. The minimum Gasteiger partial charge on any atom is -0.496 e. The summed E-state index contributed by atoms with van der Waals surface area (Å²) in [5, 5.41) is 0. The Hall–Kier alpha value is -1.27. The molecule has 0 radical (unpaired) electrons. The first-order valence-corrected chi connectivity index (χ1v) is 7.06. The van der Waals surface area contributed by atoms with Crippen LogP contribution in [-0.4, -0.2) is 12.9 Å². The van der Waals surface area contributed by atoms with E-state index in [1.165, 1.54) is 25.3 Å². The van der Waals surface area contributed by atoms with Crippen LogP contribution in [0.1, 0.15) is 15.9 Å². The van der Waals surface area contributed by atoms with Gasteiger partial charge >= 0.3 is 0 Å². The first kappa shape index (κ1) is 15.1. The monoisotopic (exact) mass is 404 g/mol. The summed E-state index contributed by atoms with van der Waals surface area (Å²) in [7, 11) is 1.32. The topological polar surface area (TPSA) is 26.3 Å². The molecule has 2 nitrogen and oxygen atoms in total. The molecule has 104 valence electrons. The van der Waals surface area contributed by atoms with Crippen LogP contribution in [0.25, 0.3) is 0 Å². The van der Waals surface area contributed by atoms with Crippen molar-refractivity contribution in [2.24, 2.45) is 0 Å². The van der Waals surface area contributed by atoms with Crippen molar-refractivity contribution in [2.45, 2.75) is 0 Å². The smallest absolute Gasteiger partial charge is 0.199 e. The SMILES string of the molecule is COc1cc(F)c(Br)cc1C(=O)c1cccc(Br)c1F. The molecule has 0 unspecified atom stereocenters. The molecule has 0 saturated carbocycles. The van der Waals surface area contributed by atoms with Gasteiger partial charge in [-0.25, -0.2) is 8.78 Å². The van der Waals surface area contributed by atoms with Crippen molar-refractivity contribution in [2.75, 3.05) is 7.11 Å². The number of halogens is 4. The van der Waals surface area contributed by atoms with Crippen LogP contribution in [-0.2, 0) is 0 Å². The van der Waals surface area contributed by atoms with Crippen LogP contribution in [0.15, 0.2) is 39.3 Å². The zero-order valence-corrected chi connectivity index (χ0v) is 13.4. The van der Waals surface area contributed by atoms with Gasteiger partial charge < -0.3 is 4.74 Å². The number of ketones is 1. The molecule has 0 N–H and O–H groups in total. The van der Waals surface area contributed by atoms with Gasteiger partial charge in [0.05, 0.1) is 27.2 Å². The predicted octanol–water partition coefficient (Wildman–Crippen LogP) is 4.73. The molecular weight excluding hydrogens is 398 g/mol. The lowest BCUT2D eigenvalue weighted by Gasteiger charge is -2.10. The van der Waals surface area contributed by atoms with Crippen LogP contribution < -0.4 is 4.74 Å². The van der Waals surface area contributed by atoms with Crippen LogP contribution >= 0.6 is 31.9 Å². The van der Waals surface area contributed by atoms with Crippen LogP contribution in [0.3, 0.4) is 0 Å². The molecule has 0 aliphatic heterocycles. The molecule has 0 bridgehead atoms. The third-order valence-corrected chi connectivity index (χ3v) is 3.90. The maximum atomic E-state index is 14.0. The Labute approximate surface area is 131 Å². The van der Waals surface area contributed by atoms with Crippen LogP contribution in [0.2, 0.25) is 0 Å². The molecule has 2 aromatic carbocycles. The van der Waals surface area contributed by atoms with E-state index >= 15 is 0 Å². The van der Waals surface area contributed by atoms with Crippen molar-refractivity contribution in [3.05, 3.63) is 62.0 Å². The second-order valence-electron chi connectivity index (χ2n) is 3.90. The van der Waals surface area contributed by atoms with Gasteiger partial charge in [-0.05, 0) is 50.1 Å². The molecule has 0 aromatic heterocycles. The van der Waals surface area contributed by atoms with Gasteiger partial charge in [0.1, 0.15) is 17.4 Å². The van der Waals surface area contributed by atoms with Crippen molar-refractivity contribution in [1.29, 1.82) is 0 Å². The number of hydrogen-bond donors (Lipinski definition) is 0. The Kier molecular flexibility index (Phi) is 4.55. The van der Waals surface area contributed by atoms with E-state index in [0.717, 1.165) is 6.07 Å². The fraction of sp³-hybridized carbons (Fsp3) is 0.0714. The molecule has 2 rings (SSSR count). The highest BCUT2D eigenvalue weighted by Gasteiger charge is 2.21. The van der Waals surface area contributed by atoms with Crippen LogP contribution in [0.4, 0.5) is 8.78 Å². The van der Waals surface area contributed by atoms with Crippen molar-refractivity contribution in [1.82, 2.24) is 0 Å². The molecule has 20 heavy (non-hydrogen) atoms. The number of methoxy groups -OCH3 is 1. The molecule has 0 aliphatic carbocycles. The number of rotatable bonds is 3. The molecule has 2 aromatic rings. The molecule has 0 amide bonds. The van der Waals surface area contributed by atoms with E-state index in [1.807, 2.05) is 0 Å². The predicted molar refractivity (Wildman–Crippen MR) is 78.2 cm³/mol. The number of benzene rings is 2. The summed E-state index contributed by atoms with van der Waals surface area (Å²) in [6.07, 6.45) is 0. The van der Waals surface area contributed by atoms with Crippen molar-refractivity contribution in [3.63, 3.8) is 0 Å². The first-order chi connectivity index (χ1) is 9.45. The zero-order chi connectivity index (χ0) is 14.9. The van der Waals surface area contributed by atoms with Crippen molar-refractivity contribution >= 4 is 37.6 Å². The average Bonchev–Trinajstić information content (AvgIpc) is 2.43. The summed E-state index contributed by atoms with van der Waals surface area (Å²) >= 11 is 6.02. The second kappa shape index (κ2) is 6.01. The average molecular weight is 406 g/mol. The highest BCUT2D eigenvalue weighted by molar-refractivity contribution is 9.10. The number of ether oxygens (including phenoxy) is 1. The Morgan fingerprint density at radius 2 is 1.80 bits per heavy atom. The summed E-state index contributed by atoms with van der Waals surface area (Å²) < 4.78 is 32.7. The van der Waals surface area contributed by atoms with Gasteiger partial charge in [-0.3, -0.25) is 4.79 Å². The molecule has 0 fully saturated rings. The molecular formula is C14H8Br2F2O2. The van der Waals surface area contributed by atoms with E-state index in [2.05, 4.69) is 31.9 Å². The van der Waals surface area contributed by atoms with Gasteiger partial charge in [0.15, 0.2) is 5.78 Å². The van der Waals surface area contributed by atoms with Crippen molar-refractivity contribution in [3.8, 4) is 5.75 Å². The number of carbonyl (C=O) groups is 1. The fourth-order valence-corrected chi connectivity index (χ4v) is 2.41. The Morgan fingerprint density at radius 1 is 1.10 bits per heavy atom. The van der Waals surface area contributed by atoms with E-state index in [9.17, 15) is 13.6 Å². The zero-order valence-electron chi connectivity index (χ0n) is 10.2. The number of carbonyl (C=O) groups excluding carboxylic acids is 1. The minimum atomic E-state index is -0.667. The summed E-state index contributed by atoms with van der Waals surface area (Å²) in [5.41, 5.74) is -0.0334. The van der Waals surface area contributed by atoms with E-state index in [1.54, 1.807) is 6.07 Å². The van der Waals surface area contributed by atoms with Crippen LogP contribution in [0, 0.1) is 11.6 Å². The quantitative estimate of drug-likeness (QED) is 0.690. The van der Waals surface area contributed by atoms with Gasteiger partial charge in [-0.1, -0.05) is 6.07 Å². The van der Waals surface area contributed by atoms with Gasteiger partial charge in [-0.15, -0.1) is 0 Å². The Balaban J connectivity index is 2.59. The molecule has 0 saturated heterocycles. The summed E-state index contributed by atoms with van der Waals surface area (Å²) in [6, 6.07) is 6.75. The van der Waals surface area contributed by atoms with Crippen molar-refractivity contribution < 1.29 is 18.3 Å². The van der Waals surface area contributed by atoms with E-state index in [-0.39, 0.29) is 25.8 Å². The van der Waals surface area contributed by atoms with E-state index in [4.69, 9.17) is 4.74 Å².